The van der Waals surface area contributed by atoms with Gasteiger partial charge in [0.25, 0.3) is 0 Å². The van der Waals surface area contributed by atoms with Crippen molar-refractivity contribution in [3.05, 3.63) is 71.8 Å². The number of ether oxygens (including phenoxy) is 1. The second-order valence-corrected chi connectivity index (χ2v) is 9.16. The molecule has 1 atom stereocenters. The van der Waals surface area contributed by atoms with Gasteiger partial charge in [-0.15, -0.1) is 0 Å². The minimum atomic E-state index is -0.0548. The first-order chi connectivity index (χ1) is 15.8. The average Bonchev–Trinajstić information content (AvgIpc) is 2.83. The lowest BCUT2D eigenvalue weighted by Gasteiger charge is -2.16. The summed E-state index contributed by atoms with van der Waals surface area (Å²) in [6.45, 7) is 2.64. The smallest absolute Gasteiger partial charge is 0.309 e. The predicted octanol–water partition coefficient (Wildman–Crippen LogP) is 8.68. The SMILES string of the molecule is CCCCCCCCCCCCCCC(Cc1ccccc1)C(=O)OCc1ccccc1. The van der Waals surface area contributed by atoms with Crippen LogP contribution in [0.2, 0.25) is 0 Å². The van der Waals surface area contributed by atoms with Crippen molar-refractivity contribution in [3.8, 4) is 0 Å². The molecule has 0 fully saturated rings. The van der Waals surface area contributed by atoms with Crippen molar-refractivity contribution >= 4 is 5.97 Å². The summed E-state index contributed by atoms with van der Waals surface area (Å²) in [5.74, 6) is -0.106. The summed E-state index contributed by atoms with van der Waals surface area (Å²) in [6.07, 6.45) is 17.7. The van der Waals surface area contributed by atoms with Crippen molar-refractivity contribution in [1.29, 1.82) is 0 Å². The van der Waals surface area contributed by atoms with Gasteiger partial charge in [0.2, 0.25) is 0 Å². The lowest BCUT2D eigenvalue weighted by atomic mass is 9.93. The van der Waals surface area contributed by atoms with Crippen LogP contribution >= 0.6 is 0 Å². The molecule has 0 radical (unpaired) electrons. The molecule has 176 valence electrons. The first-order valence-electron chi connectivity index (χ1n) is 13.0. The summed E-state index contributed by atoms with van der Waals surface area (Å²) in [5, 5.41) is 0. The summed E-state index contributed by atoms with van der Waals surface area (Å²) >= 11 is 0. The molecule has 0 amide bonds. The van der Waals surface area contributed by atoms with E-state index in [1.807, 2.05) is 48.5 Å². The Morgan fingerprint density at radius 2 is 1.12 bits per heavy atom. The maximum absolute atomic E-state index is 12.8. The Morgan fingerprint density at radius 1 is 0.656 bits per heavy atom. The fraction of sp³-hybridized carbons (Fsp3) is 0.567. The van der Waals surface area contributed by atoms with Crippen molar-refractivity contribution in [2.24, 2.45) is 5.92 Å². The Labute approximate surface area is 196 Å². The maximum atomic E-state index is 12.8. The minimum absolute atomic E-state index is 0.0516. The number of carbonyl (C=O) groups is 1. The van der Waals surface area contributed by atoms with Gasteiger partial charge in [0, 0.05) is 0 Å². The largest absolute Gasteiger partial charge is 0.461 e. The first kappa shape index (κ1) is 26.2. The van der Waals surface area contributed by atoms with Crippen LogP contribution < -0.4 is 0 Å². The van der Waals surface area contributed by atoms with Crippen LogP contribution in [0.25, 0.3) is 0 Å². The number of hydrogen-bond acceptors (Lipinski definition) is 2. The molecule has 0 N–H and O–H groups in total. The monoisotopic (exact) mass is 436 g/mol. The Balaban J connectivity index is 1.64. The molecule has 0 aliphatic heterocycles. The van der Waals surface area contributed by atoms with Crippen molar-refractivity contribution in [3.63, 3.8) is 0 Å². The normalized spacial score (nSPS) is 11.9. The van der Waals surface area contributed by atoms with E-state index in [0.717, 1.165) is 24.8 Å². The van der Waals surface area contributed by atoms with Crippen LogP contribution in [0.1, 0.15) is 102 Å². The number of hydrogen-bond donors (Lipinski definition) is 0. The van der Waals surface area contributed by atoms with Crippen LogP contribution in [0.4, 0.5) is 0 Å². The van der Waals surface area contributed by atoms with Crippen molar-refractivity contribution in [1.82, 2.24) is 0 Å². The van der Waals surface area contributed by atoms with Crippen molar-refractivity contribution < 1.29 is 9.53 Å². The molecule has 2 rings (SSSR count). The Kier molecular flexibility index (Phi) is 14.3. The lowest BCUT2D eigenvalue weighted by molar-refractivity contribution is -0.150. The number of esters is 1. The second-order valence-electron chi connectivity index (χ2n) is 9.16. The van der Waals surface area contributed by atoms with Gasteiger partial charge >= 0.3 is 5.97 Å². The number of unbranched alkanes of at least 4 members (excludes halogenated alkanes) is 11. The molecule has 2 heteroatoms. The zero-order chi connectivity index (χ0) is 22.7. The van der Waals surface area contributed by atoms with Gasteiger partial charge in [0.1, 0.15) is 6.61 Å². The first-order valence-corrected chi connectivity index (χ1v) is 13.0. The molecular weight excluding hydrogens is 392 g/mol. The zero-order valence-electron chi connectivity index (χ0n) is 20.3. The van der Waals surface area contributed by atoms with Gasteiger partial charge in [0.15, 0.2) is 0 Å². The molecule has 0 heterocycles. The van der Waals surface area contributed by atoms with Gasteiger partial charge in [-0.25, -0.2) is 0 Å². The number of rotatable bonds is 18. The molecule has 2 aromatic carbocycles. The molecule has 0 aliphatic rings. The van der Waals surface area contributed by atoms with E-state index >= 15 is 0 Å². The van der Waals surface area contributed by atoms with E-state index in [1.54, 1.807) is 0 Å². The van der Waals surface area contributed by atoms with E-state index in [1.165, 1.54) is 76.2 Å². The highest BCUT2D eigenvalue weighted by Crippen LogP contribution is 2.20. The molecule has 1 unspecified atom stereocenters. The van der Waals surface area contributed by atoms with Gasteiger partial charge < -0.3 is 4.74 Å². The maximum Gasteiger partial charge on any atom is 0.309 e. The fourth-order valence-corrected chi connectivity index (χ4v) is 4.28. The summed E-state index contributed by atoms with van der Waals surface area (Å²) in [4.78, 5) is 12.8. The van der Waals surface area contributed by atoms with Gasteiger partial charge in [-0.3, -0.25) is 4.79 Å². The van der Waals surface area contributed by atoms with Gasteiger partial charge in [-0.05, 0) is 24.0 Å². The third-order valence-corrected chi connectivity index (χ3v) is 6.29. The standard InChI is InChI=1S/C30H44O2/c1-2-3-4-5-6-7-8-9-10-11-12-19-24-29(25-27-20-15-13-16-21-27)30(31)32-26-28-22-17-14-18-23-28/h13-18,20-23,29H,2-12,19,24-26H2,1H3. The molecule has 0 spiro atoms. The van der Waals surface area contributed by atoms with Crippen LogP contribution in [-0.2, 0) is 22.6 Å². The third-order valence-electron chi connectivity index (χ3n) is 6.29. The molecule has 0 bridgehead atoms. The molecular formula is C30H44O2. The van der Waals surface area contributed by atoms with E-state index in [2.05, 4.69) is 19.1 Å². The topological polar surface area (TPSA) is 26.3 Å². The molecule has 2 nitrogen and oxygen atoms in total. The fourth-order valence-electron chi connectivity index (χ4n) is 4.28. The average molecular weight is 437 g/mol. The second kappa shape index (κ2) is 17.5. The molecule has 0 aromatic heterocycles. The van der Waals surface area contributed by atoms with Crippen molar-refractivity contribution in [2.75, 3.05) is 0 Å². The number of carbonyl (C=O) groups excluding carboxylic acids is 1. The van der Waals surface area contributed by atoms with Gasteiger partial charge in [-0.1, -0.05) is 145 Å². The Hall–Kier alpha value is -2.09. The van der Waals surface area contributed by atoms with Crippen molar-refractivity contribution in [2.45, 2.75) is 103 Å². The third kappa shape index (κ3) is 12.1. The van der Waals surface area contributed by atoms with Gasteiger partial charge in [-0.2, -0.15) is 0 Å². The number of benzene rings is 2. The van der Waals surface area contributed by atoms with E-state index in [0.29, 0.717) is 6.61 Å². The zero-order valence-corrected chi connectivity index (χ0v) is 20.3. The van der Waals surface area contributed by atoms with Crippen LogP contribution in [0, 0.1) is 5.92 Å². The molecule has 32 heavy (non-hydrogen) atoms. The van der Waals surface area contributed by atoms with E-state index in [4.69, 9.17) is 4.74 Å². The molecule has 0 aliphatic carbocycles. The summed E-state index contributed by atoms with van der Waals surface area (Å²) in [7, 11) is 0. The molecule has 0 saturated carbocycles. The van der Waals surface area contributed by atoms with E-state index in [-0.39, 0.29) is 11.9 Å². The van der Waals surface area contributed by atoms with Crippen LogP contribution in [0.15, 0.2) is 60.7 Å². The highest BCUT2D eigenvalue weighted by atomic mass is 16.5. The summed E-state index contributed by atoms with van der Waals surface area (Å²) in [5.41, 5.74) is 2.26. The Morgan fingerprint density at radius 3 is 1.66 bits per heavy atom. The quantitative estimate of drug-likeness (QED) is 0.172. The van der Waals surface area contributed by atoms with Crippen LogP contribution in [0.3, 0.4) is 0 Å². The van der Waals surface area contributed by atoms with E-state index < -0.39 is 0 Å². The highest BCUT2D eigenvalue weighted by Gasteiger charge is 2.20. The molecule has 2 aromatic rings. The summed E-state index contributed by atoms with van der Waals surface area (Å²) < 4.78 is 5.68. The van der Waals surface area contributed by atoms with E-state index in [9.17, 15) is 4.79 Å². The lowest BCUT2D eigenvalue weighted by Crippen LogP contribution is -2.20. The van der Waals surface area contributed by atoms with Gasteiger partial charge in [0.05, 0.1) is 5.92 Å². The highest BCUT2D eigenvalue weighted by molar-refractivity contribution is 5.72. The minimum Gasteiger partial charge on any atom is -0.461 e. The predicted molar refractivity (Wildman–Crippen MR) is 136 cm³/mol. The van der Waals surface area contributed by atoms with Crippen LogP contribution in [0.5, 0.6) is 0 Å². The summed E-state index contributed by atoms with van der Waals surface area (Å²) in [6, 6.07) is 20.3. The molecule has 0 saturated heterocycles. The van der Waals surface area contributed by atoms with Crippen LogP contribution in [-0.4, -0.2) is 5.97 Å². The Bertz CT molecular complexity index is 695.